The van der Waals surface area contributed by atoms with E-state index < -0.39 is 0 Å². The molecule has 0 amide bonds. The normalized spacial score (nSPS) is 23.2. The first-order valence-electron chi connectivity index (χ1n) is 5.32. The van der Waals surface area contributed by atoms with Crippen molar-refractivity contribution in [3.05, 3.63) is 34.8 Å². The molecule has 0 bridgehead atoms. The minimum absolute atomic E-state index is 0. The highest BCUT2D eigenvalue weighted by molar-refractivity contribution is 5.85. The summed E-state index contributed by atoms with van der Waals surface area (Å²) in [5.74, 6) is 0. The average molecular weight is 223 g/mol. The maximum Gasteiger partial charge on any atom is 0.0738 e. The Bertz CT molecular complexity index is 467. The number of nitrogens with zero attached hydrogens (tertiary/aromatic N) is 1. The van der Waals surface area contributed by atoms with Gasteiger partial charge in [-0.2, -0.15) is 0 Å². The summed E-state index contributed by atoms with van der Waals surface area (Å²) in [5, 5.41) is 6.02. The molecular weight excluding hydrogens is 208 g/mol. The number of benzene rings is 1. The van der Waals surface area contributed by atoms with Crippen LogP contribution in [0.4, 0.5) is 0 Å². The van der Waals surface area contributed by atoms with E-state index in [1.807, 2.05) is 0 Å². The van der Waals surface area contributed by atoms with Crippen molar-refractivity contribution in [3.8, 4) is 0 Å². The van der Waals surface area contributed by atoms with Gasteiger partial charge >= 0.3 is 0 Å². The number of fused-ring (bicyclic) bond motifs is 2. The highest BCUT2D eigenvalue weighted by Crippen LogP contribution is 2.17. The predicted molar refractivity (Wildman–Crippen MR) is 63.8 cm³/mol. The Hall–Kier alpha value is -0.860. The summed E-state index contributed by atoms with van der Waals surface area (Å²) in [6.45, 7) is 2.21. The highest BCUT2D eigenvalue weighted by atomic mass is 35.5. The topological polar surface area (TPSA) is 24.4 Å². The van der Waals surface area contributed by atoms with E-state index in [2.05, 4.69) is 29.6 Å². The largest absolute Gasteiger partial charge is 0.316 e. The van der Waals surface area contributed by atoms with E-state index in [9.17, 15) is 0 Å². The lowest BCUT2D eigenvalue weighted by atomic mass is 10.0. The van der Waals surface area contributed by atoms with Gasteiger partial charge in [0.25, 0.3) is 0 Å². The van der Waals surface area contributed by atoms with Gasteiger partial charge in [-0.1, -0.05) is 18.2 Å². The van der Waals surface area contributed by atoms with E-state index in [1.54, 1.807) is 5.57 Å². The summed E-state index contributed by atoms with van der Waals surface area (Å²) in [4.78, 5) is 4.76. The van der Waals surface area contributed by atoms with Crippen molar-refractivity contribution in [2.45, 2.75) is 18.9 Å². The van der Waals surface area contributed by atoms with Gasteiger partial charge < -0.3 is 5.32 Å². The third-order valence-corrected chi connectivity index (χ3v) is 3.11. The van der Waals surface area contributed by atoms with Crippen molar-refractivity contribution in [1.82, 2.24) is 5.32 Å². The molecule has 1 fully saturated rings. The molecule has 3 rings (SSSR count). The zero-order valence-corrected chi connectivity index (χ0v) is 9.39. The number of hydrogen-bond acceptors (Lipinski definition) is 2. The quantitative estimate of drug-likeness (QED) is 0.685. The van der Waals surface area contributed by atoms with E-state index in [4.69, 9.17) is 4.99 Å². The first-order chi connectivity index (χ1) is 6.95. The maximum atomic E-state index is 4.76. The van der Waals surface area contributed by atoms with Crippen LogP contribution in [0.2, 0.25) is 0 Å². The first-order valence-corrected chi connectivity index (χ1v) is 5.32. The molecule has 0 radical (unpaired) electrons. The Kier molecular flexibility index (Phi) is 3.08. The summed E-state index contributed by atoms with van der Waals surface area (Å²) in [5.41, 5.74) is 1.55. The van der Waals surface area contributed by atoms with E-state index in [1.165, 1.54) is 10.6 Å². The molecule has 2 heterocycles. The minimum Gasteiger partial charge on any atom is -0.316 e. The Morgan fingerprint density at radius 3 is 3.00 bits per heavy atom. The fraction of sp³-hybridized carbons (Fsp3) is 0.417. The second-order valence-electron chi connectivity index (χ2n) is 3.98. The predicted octanol–water partition coefficient (Wildman–Crippen LogP) is 0.644. The van der Waals surface area contributed by atoms with Crippen molar-refractivity contribution in [3.63, 3.8) is 0 Å². The molecule has 0 aromatic heterocycles. The van der Waals surface area contributed by atoms with Crippen molar-refractivity contribution in [1.29, 1.82) is 0 Å². The fourth-order valence-electron chi connectivity index (χ4n) is 2.41. The van der Waals surface area contributed by atoms with Crippen molar-refractivity contribution in [2.75, 3.05) is 13.1 Å². The first kappa shape index (κ1) is 10.7. The molecule has 2 aliphatic heterocycles. The number of hydrogen-bond donors (Lipinski definition) is 1. The Morgan fingerprint density at radius 2 is 2.07 bits per heavy atom. The van der Waals surface area contributed by atoms with Gasteiger partial charge in [0.05, 0.1) is 11.4 Å². The van der Waals surface area contributed by atoms with Crippen LogP contribution in [0, 0.1) is 0 Å². The van der Waals surface area contributed by atoms with Gasteiger partial charge in [-0.15, -0.1) is 12.4 Å². The van der Waals surface area contributed by atoms with Crippen LogP contribution < -0.4 is 15.9 Å². The molecule has 0 spiro atoms. The summed E-state index contributed by atoms with van der Waals surface area (Å²) in [6.07, 6.45) is 2.31. The van der Waals surface area contributed by atoms with Gasteiger partial charge in [0.1, 0.15) is 0 Å². The van der Waals surface area contributed by atoms with Crippen LogP contribution in [0.1, 0.15) is 12.8 Å². The SMILES string of the molecule is Cl.c1ccc2c(c1)=NC1CCNCCC=21. The maximum absolute atomic E-state index is 4.76. The van der Waals surface area contributed by atoms with Crippen LogP contribution in [-0.2, 0) is 0 Å². The van der Waals surface area contributed by atoms with Crippen molar-refractivity contribution in [2.24, 2.45) is 4.99 Å². The molecule has 2 aliphatic rings. The van der Waals surface area contributed by atoms with E-state index in [0.29, 0.717) is 6.04 Å². The second-order valence-corrected chi connectivity index (χ2v) is 3.98. The third-order valence-electron chi connectivity index (χ3n) is 3.11. The summed E-state index contributed by atoms with van der Waals surface area (Å²) < 4.78 is 0. The molecule has 80 valence electrons. The third kappa shape index (κ3) is 1.80. The molecule has 1 aromatic carbocycles. The lowest BCUT2D eigenvalue weighted by molar-refractivity contribution is 0.668. The van der Waals surface area contributed by atoms with Gasteiger partial charge in [-0.05, 0) is 37.6 Å². The summed E-state index contributed by atoms with van der Waals surface area (Å²) >= 11 is 0. The highest BCUT2D eigenvalue weighted by Gasteiger charge is 2.20. The second kappa shape index (κ2) is 4.33. The van der Waals surface area contributed by atoms with Crippen LogP contribution in [0.5, 0.6) is 0 Å². The molecule has 1 unspecified atom stereocenters. The zero-order chi connectivity index (χ0) is 9.38. The molecule has 2 nitrogen and oxygen atoms in total. The average Bonchev–Trinajstić information content (AvgIpc) is 2.42. The van der Waals surface area contributed by atoms with Gasteiger partial charge in [-0.25, -0.2) is 0 Å². The lowest BCUT2D eigenvalue weighted by Gasteiger charge is -2.06. The van der Waals surface area contributed by atoms with Crippen molar-refractivity contribution >= 4 is 18.0 Å². The van der Waals surface area contributed by atoms with Crippen LogP contribution in [-0.4, -0.2) is 19.1 Å². The molecule has 1 N–H and O–H groups in total. The van der Waals surface area contributed by atoms with Crippen LogP contribution >= 0.6 is 12.4 Å². The monoisotopic (exact) mass is 222 g/mol. The lowest BCUT2D eigenvalue weighted by Crippen LogP contribution is -2.23. The molecule has 0 aliphatic carbocycles. The summed E-state index contributed by atoms with van der Waals surface area (Å²) in [6, 6.07) is 8.99. The van der Waals surface area contributed by atoms with Crippen LogP contribution in [0.3, 0.4) is 0 Å². The Balaban J connectivity index is 0.000000853. The standard InChI is InChI=1S/C12H14N2.ClH/c1-2-4-11-9(3-1)10-5-7-13-8-6-12(10)14-11;/h1-4,12-13H,5-8H2;1H. The molecule has 15 heavy (non-hydrogen) atoms. The molecule has 1 atom stereocenters. The van der Waals surface area contributed by atoms with E-state index in [0.717, 1.165) is 25.9 Å². The Labute approximate surface area is 95.5 Å². The number of halogens is 1. The number of para-hydroxylation sites is 1. The molecule has 1 saturated heterocycles. The number of nitrogens with one attached hydrogen (secondary N) is 1. The van der Waals surface area contributed by atoms with E-state index >= 15 is 0 Å². The summed E-state index contributed by atoms with van der Waals surface area (Å²) in [7, 11) is 0. The fourth-order valence-corrected chi connectivity index (χ4v) is 2.41. The van der Waals surface area contributed by atoms with Gasteiger partial charge in [0.2, 0.25) is 0 Å². The van der Waals surface area contributed by atoms with E-state index in [-0.39, 0.29) is 12.4 Å². The van der Waals surface area contributed by atoms with Crippen LogP contribution in [0.15, 0.2) is 29.3 Å². The van der Waals surface area contributed by atoms with Crippen LogP contribution in [0.25, 0.3) is 5.57 Å². The van der Waals surface area contributed by atoms with Crippen molar-refractivity contribution < 1.29 is 0 Å². The molecule has 0 saturated carbocycles. The zero-order valence-electron chi connectivity index (χ0n) is 8.57. The number of rotatable bonds is 0. The molecular formula is C12H15ClN2. The molecule has 1 aromatic rings. The van der Waals surface area contributed by atoms with Gasteiger partial charge in [-0.3, -0.25) is 4.99 Å². The molecule has 3 heteroatoms. The smallest absolute Gasteiger partial charge is 0.0738 e. The van der Waals surface area contributed by atoms with Gasteiger partial charge in [0, 0.05) is 5.22 Å². The minimum atomic E-state index is 0. The van der Waals surface area contributed by atoms with Gasteiger partial charge in [0.15, 0.2) is 0 Å². The Morgan fingerprint density at radius 1 is 1.20 bits per heavy atom.